The predicted molar refractivity (Wildman–Crippen MR) is 95.8 cm³/mol. The van der Waals surface area contributed by atoms with Gasteiger partial charge in [0.05, 0.1) is 11.4 Å². The van der Waals surface area contributed by atoms with E-state index in [1.165, 1.54) is 27.8 Å². The molecule has 0 fully saturated rings. The lowest BCUT2D eigenvalue weighted by atomic mass is 9.97. The molecule has 3 rings (SSSR count). The van der Waals surface area contributed by atoms with Crippen LogP contribution in [-0.4, -0.2) is 25.5 Å². The van der Waals surface area contributed by atoms with Crippen LogP contribution in [0.3, 0.4) is 0 Å². The van der Waals surface area contributed by atoms with Gasteiger partial charge < -0.3 is 4.84 Å². The maximum atomic E-state index is 12.1. The van der Waals surface area contributed by atoms with E-state index in [1.54, 1.807) is 7.05 Å². The molecule has 1 aliphatic rings. The fourth-order valence-electron chi connectivity index (χ4n) is 2.96. The second kappa shape index (κ2) is 7.46. The van der Waals surface area contributed by atoms with Gasteiger partial charge in [0, 0.05) is 12.6 Å². The van der Waals surface area contributed by atoms with Crippen LogP contribution in [0, 0.1) is 6.92 Å². The standard InChI is InChI=1S/C18H23N5O2/c1-13-8-7-11-17(23-18(24)22(3)20-21-23)16(13)12-25-19-14(2)15-9-5-4-6-10-15/h7-9,11H,4-6,10,12H2,1-3H3/b19-14-. The third-order valence-corrected chi connectivity index (χ3v) is 4.50. The Morgan fingerprint density at radius 2 is 2.16 bits per heavy atom. The number of tetrazole rings is 1. The predicted octanol–water partition coefficient (Wildman–Crippen LogP) is 2.67. The van der Waals surface area contributed by atoms with Crippen molar-refractivity contribution in [2.45, 2.75) is 46.1 Å². The van der Waals surface area contributed by atoms with Crippen LogP contribution in [0.15, 0.2) is 39.8 Å². The number of aromatic nitrogens is 4. The Hall–Kier alpha value is -2.70. The molecular formula is C18H23N5O2. The SMILES string of the molecule is C/C(=N/OCc1c(C)cccc1-n1nnn(C)c1=O)C1=CCCCC1. The molecule has 0 bridgehead atoms. The third kappa shape index (κ3) is 3.70. The Morgan fingerprint density at radius 3 is 2.84 bits per heavy atom. The molecule has 0 saturated carbocycles. The highest BCUT2D eigenvalue weighted by molar-refractivity contribution is 5.97. The summed E-state index contributed by atoms with van der Waals surface area (Å²) >= 11 is 0. The summed E-state index contributed by atoms with van der Waals surface area (Å²) in [7, 11) is 1.57. The molecule has 0 atom stereocenters. The topological polar surface area (TPSA) is 74.3 Å². The zero-order chi connectivity index (χ0) is 17.8. The first-order valence-electron chi connectivity index (χ1n) is 8.52. The van der Waals surface area contributed by atoms with E-state index in [0.717, 1.165) is 29.7 Å². The zero-order valence-electron chi connectivity index (χ0n) is 14.9. The lowest BCUT2D eigenvalue weighted by Crippen LogP contribution is -2.23. The molecule has 1 aromatic carbocycles. The molecule has 0 aliphatic heterocycles. The van der Waals surface area contributed by atoms with E-state index in [4.69, 9.17) is 4.84 Å². The summed E-state index contributed by atoms with van der Waals surface area (Å²) in [6.45, 7) is 4.22. The van der Waals surface area contributed by atoms with Crippen LogP contribution in [0.4, 0.5) is 0 Å². The zero-order valence-corrected chi connectivity index (χ0v) is 14.9. The third-order valence-electron chi connectivity index (χ3n) is 4.50. The van der Waals surface area contributed by atoms with Crippen LogP contribution in [0.1, 0.15) is 43.7 Å². The summed E-state index contributed by atoms with van der Waals surface area (Å²) in [6.07, 6.45) is 6.86. The fraction of sp³-hybridized carbons (Fsp3) is 0.444. The highest BCUT2D eigenvalue weighted by Crippen LogP contribution is 2.20. The van der Waals surface area contributed by atoms with Crippen molar-refractivity contribution in [3.05, 3.63) is 51.5 Å². The van der Waals surface area contributed by atoms with Crippen molar-refractivity contribution < 1.29 is 4.84 Å². The Balaban J connectivity index is 1.82. The van der Waals surface area contributed by atoms with Crippen molar-refractivity contribution in [3.8, 4) is 5.69 Å². The van der Waals surface area contributed by atoms with Crippen molar-refractivity contribution >= 4 is 5.71 Å². The van der Waals surface area contributed by atoms with Crippen LogP contribution in [0.2, 0.25) is 0 Å². The minimum absolute atomic E-state index is 0.273. The minimum Gasteiger partial charge on any atom is -0.391 e. The van der Waals surface area contributed by atoms with Gasteiger partial charge in [0.25, 0.3) is 0 Å². The Labute approximate surface area is 146 Å². The van der Waals surface area contributed by atoms with Crippen LogP contribution in [-0.2, 0) is 18.5 Å². The molecule has 0 unspecified atom stereocenters. The van der Waals surface area contributed by atoms with Gasteiger partial charge in [-0.05, 0) is 67.2 Å². The van der Waals surface area contributed by atoms with Crippen molar-refractivity contribution in [2.75, 3.05) is 0 Å². The van der Waals surface area contributed by atoms with E-state index in [2.05, 4.69) is 21.7 Å². The largest absolute Gasteiger partial charge is 0.391 e. The molecule has 7 nitrogen and oxygen atoms in total. The summed E-state index contributed by atoms with van der Waals surface area (Å²) in [6, 6.07) is 5.70. The normalized spacial score (nSPS) is 15.2. The summed E-state index contributed by atoms with van der Waals surface area (Å²) in [5.74, 6) is 0. The Kier molecular flexibility index (Phi) is 5.11. The molecule has 1 aromatic heterocycles. The van der Waals surface area contributed by atoms with E-state index < -0.39 is 0 Å². The van der Waals surface area contributed by atoms with E-state index in [1.807, 2.05) is 32.0 Å². The van der Waals surface area contributed by atoms with Crippen molar-refractivity contribution in [1.82, 2.24) is 19.8 Å². The van der Waals surface area contributed by atoms with Gasteiger partial charge in [-0.2, -0.15) is 9.36 Å². The van der Waals surface area contributed by atoms with E-state index in [0.29, 0.717) is 5.69 Å². The molecule has 1 heterocycles. The first-order valence-corrected chi connectivity index (χ1v) is 8.52. The average Bonchev–Trinajstić information content (AvgIpc) is 2.96. The van der Waals surface area contributed by atoms with E-state index in [9.17, 15) is 4.79 Å². The van der Waals surface area contributed by atoms with Crippen LogP contribution >= 0.6 is 0 Å². The molecule has 1 aliphatic carbocycles. The van der Waals surface area contributed by atoms with Crippen molar-refractivity contribution in [1.29, 1.82) is 0 Å². The number of hydrogen-bond acceptors (Lipinski definition) is 5. The van der Waals surface area contributed by atoms with Gasteiger partial charge >= 0.3 is 5.69 Å². The van der Waals surface area contributed by atoms with Gasteiger partial charge in [-0.3, -0.25) is 0 Å². The lowest BCUT2D eigenvalue weighted by molar-refractivity contribution is 0.130. The van der Waals surface area contributed by atoms with Crippen LogP contribution in [0.25, 0.3) is 5.69 Å². The molecule has 0 spiro atoms. The first kappa shape index (κ1) is 17.1. The Morgan fingerprint density at radius 1 is 1.32 bits per heavy atom. The van der Waals surface area contributed by atoms with Crippen LogP contribution < -0.4 is 5.69 Å². The van der Waals surface area contributed by atoms with Gasteiger partial charge in [-0.1, -0.05) is 23.4 Å². The summed E-state index contributed by atoms with van der Waals surface area (Å²) in [5.41, 5.74) is 4.45. The molecule has 2 aromatic rings. The fourth-order valence-corrected chi connectivity index (χ4v) is 2.96. The van der Waals surface area contributed by atoms with Gasteiger partial charge in [-0.25, -0.2) is 4.79 Å². The molecule has 0 saturated heterocycles. The number of hydrogen-bond donors (Lipinski definition) is 0. The average molecular weight is 341 g/mol. The van der Waals surface area contributed by atoms with Gasteiger partial charge in [0.2, 0.25) is 0 Å². The molecule has 25 heavy (non-hydrogen) atoms. The number of aryl methyl sites for hydroxylation is 2. The van der Waals surface area contributed by atoms with Crippen LogP contribution in [0.5, 0.6) is 0 Å². The van der Waals surface area contributed by atoms with Gasteiger partial charge in [-0.15, -0.1) is 0 Å². The molecule has 0 amide bonds. The number of nitrogens with zero attached hydrogens (tertiary/aromatic N) is 5. The smallest absolute Gasteiger partial charge is 0.368 e. The maximum absolute atomic E-state index is 12.1. The quantitative estimate of drug-likeness (QED) is 0.619. The van der Waals surface area contributed by atoms with Crippen molar-refractivity contribution in [3.63, 3.8) is 0 Å². The number of allylic oxidation sites excluding steroid dienone is 2. The number of benzene rings is 1. The van der Waals surface area contributed by atoms with Gasteiger partial charge in [0.15, 0.2) is 0 Å². The second-order valence-corrected chi connectivity index (χ2v) is 6.29. The number of oxime groups is 1. The monoisotopic (exact) mass is 341 g/mol. The number of rotatable bonds is 5. The maximum Gasteiger partial charge on any atom is 0.368 e. The summed E-state index contributed by atoms with van der Waals surface area (Å²) in [4.78, 5) is 17.7. The second-order valence-electron chi connectivity index (χ2n) is 6.29. The summed E-state index contributed by atoms with van der Waals surface area (Å²) < 4.78 is 2.48. The van der Waals surface area contributed by atoms with Crippen molar-refractivity contribution in [2.24, 2.45) is 12.2 Å². The molecule has 0 N–H and O–H groups in total. The highest BCUT2D eigenvalue weighted by atomic mass is 16.6. The van der Waals surface area contributed by atoms with Gasteiger partial charge in [0.1, 0.15) is 6.61 Å². The summed E-state index contributed by atoms with van der Waals surface area (Å²) in [5, 5.41) is 12.0. The molecule has 132 valence electrons. The lowest BCUT2D eigenvalue weighted by Gasteiger charge is -2.13. The molecule has 7 heteroatoms. The van der Waals surface area contributed by atoms with E-state index in [-0.39, 0.29) is 12.3 Å². The molecule has 0 radical (unpaired) electrons. The molecular weight excluding hydrogens is 318 g/mol. The highest BCUT2D eigenvalue weighted by Gasteiger charge is 2.13. The van der Waals surface area contributed by atoms with E-state index >= 15 is 0 Å². The Bertz CT molecular complexity index is 876. The first-order chi connectivity index (χ1) is 12.1. The minimum atomic E-state index is -0.293.